The molecule has 2 nitrogen and oxygen atoms in total. The molecule has 18 heavy (non-hydrogen) atoms. The molecule has 0 fully saturated rings. The summed E-state index contributed by atoms with van der Waals surface area (Å²) in [6.07, 6.45) is 0. The standard InChI is InChI=1S/C15H17NOS/c1-16(2)18-15-11-7-6-10-14(15)17-12-13-8-4-3-5-9-13/h3-11H,12H2,1-2H3. The van der Waals surface area contributed by atoms with Crippen LogP contribution in [0.5, 0.6) is 5.75 Å². The largest absolute Gasteiger partial charge is 0.488 e. The third kappa shape index (κ3) is 3.79. The lowest BCUT2D eigenvalue weighted by Crippen LogP contribution is -2.01. The normalized spacial score (nSPS) is 10.6. The van der Waals surface area contributed by atoms with E-state index in [1.54, 1.807) is 11.9 Å². The monoisotopic (exact) mass is 259 g/mol. The van der Waals surface area contributed by atoms with Crippen LogP contribution >= 0.6 is 11.9 Å². The fourth-order valence-corrected chi connectivity index (χ4v) is 2.33. The average molecular weight is 259 g/mol. The Morgan fingerprint density at radius 3 is 2.33 bits per heavy atom. The average Bonchev–Trinajstić information content (AvgIpc) is 2.38. The van der Waals surface area contributed by atoms with E-state index < -0.39 is 0 Å². The minimum Gasteiger partial charge on any atom is -0.488 e. The van der Waals surface area contributed by atoms with E-state index in [4.69, 9.17) is 4.74 Å². The van der Waals surface area contributed by atoms with E-state index in [1.165, 1.54) is 5.56 Å². The maximum Gasteiger partial charge on any atom is 0.134 e. The van der Waals surface area contributed by atoms with Crippen molar-refractivity contribution in [3.05, 3.63) is 60.2 Å². The molecule has 2 rings (SSSR count). The molecule has 0 radical (unpaired) electrons. The van der Waals surface area contributed by atoms with Crippen LogP contribution in [-0.2, 0) is 6.61 Å². The van der Waals surface area contributed by atoms with Crippen molar-refractivity contribution in [2.75, 3.05) is 14.1 Å². The van der Waals surface area contributed by atoms with Gasteiger partial charge in [0, 0.05) is 0 Å². The van der Waals surface area contributed by atoms with E-state index in [2.05, 4.69) is 22.5 Å². The predicted molar refractivity (Wildman–Crippen MR) is 76.8 cm³/mol. The van der Waals surface area contributed by atoms with Crippen LogP contribution in [0.25, 0.3) is 0 Å². The number of rotatable bonds is 5. The van der Waals surface area contributed by atoms with Gasteiger partial charge in [-0.3, -0.25) is 4.31 Å². The van der Waals surface area contributed by atoms with Crippen molar-refractivity contribution in [2.24, 2.45) is 0 Å². The maximum absolute atomic E-state index is 5.88. The summed E-state index contributed by atoms with van der Waals surface area (Å²) in [4.78, 5) is 1.14. The summed E-state index contributed by atoms with van der Waals surface area (Å²) >= 11 is 1.67. The van der Waals surface area contributed by atoms with E-state index in [9.17, 15) is 0 Å². The van der Waals surface area contributed by atoms with Gasteiger partial charge in [-0.15, -0.1) is 0 Å². The van der Waals surface area contributed by atoms with Gasteiger partial charge < -0.3 is 4.74 Å². The Bertz CT molecular complexity index is 485. The molecule has 0 saturated heterocycles. The van der Waals surface area contributed by atoms with E-state index >= 15 is 0 Å². The van der Waals surface area contributed by atoms with Crippen LogP contribution in [0.2, 0.25) is 0 Å². The van der Waals surface area contributed by atoms with Gasteiger partial charge in [-0.1, -0.05) is 42.5 Å². The molecule has 2 aromatic carbocycles. The van der Waals surface area contributed by atoms with Crippen LogP contribution in [0.3, 0.4) is 0 Å². The number of nitrogens with zero attached hydrogens (tertiary/aromatic N) is 1. The Balaban J connectivity index is 2.05. The third-order valence-corrected chi connectivity index (χ3v) is 3.27. The Kier molecular flexibility index (Phi) is 4.67. The summed E-state index contributed by atoms with van der Waals surface area (Å²) in [5.41, 5.74) is 1.18. The number of hydrogen-bond donors (Lipinski definition) is 0. The summed E-state index contributed by atoms with van der Waals surface area (Å²) < 4.78 is 7.94. The molecular weight excluding hydrogens is 242 g/mol. The second-order valence-electron chi connectivity index (χ2n) is 4.12. The molecule has 0 heterocycles. The predicted octanol–water partition coefficient (Wildman–Crippen LogP) is 3.83. The first-order valence-electron chi connectivity index (χ1n) is 5.87. The summed E-state index contributed by atoms with van der Waals surface area (Å²) in [7, 11) is 4.05. The molecular formula is C15H17NOS. The van der Waals surface area contributed by atoms with Crippen LogP contribution in [0.1, 0.15) is 5.56 Å². The molecule has 0 atom stereocenters. The van der Waals surface area contributed by atoms with Gasteiger partial charge in [0.25, 0.3) is 0 Å². The van der Waals surface area contributed by atoms with Crippen molar-refractivity contribution >= 4 is 11.9 Å². The quantitative estimate of drug-likeness (QED) is 0.757. The molecule has 0 aliphatic heterocycles. The highest BCUT2D eigenvalue weighted by molar-refractivity contribution is 7.97. The van der Waals surface area contributed by atoms with Crippen molar-refractivity contribution in [3.63, 3.8) is 0 Å². The van der Waals surface area contributed by atoms with Gasteiger partial charge in [-0.05, 0) is 43.7 Å². The van der Waals surface area contributed by atoms with E-state index in [0.717, 1.165) is 10.6 Å². The summed E-state index contributed by atoms with van der Waals surface area (Å²) in [5, 5.41) is 0. The smallest absolute Gasteiger partial charge is 0.134 e. The molecule has 3 heteroatoms. The van der Waals surface area contributed by atoms with Crippen molar-refractivity contribution in [3.8, 4) is 5.75 Å². The first-order chi connectivity index (χ1) is 8.75. The van der Waals surface area contributed by atoms with E-state index in [0.29, 0.717) is 6.61 Å². The highest BCUT2D eigenvalue weighted by atomic mass is 32.2. The highest BCUT2D eigenvalue weighted by Gasteiger charge is 2.05. The van der Waals surface area contributed by atoms with Crippen molar-refractivity contribution in [1.82, 2.24) is 4.31 Å². The number of hydrogen-bond acceptors (Lipinski definition) is 3. The van der Waals surface area contributed by atoms with Crippen LogP contribution in [0.4, 0.5) is 0 Å². The Morgan fingerprint density at radius 2 is 1.61 bits per heavy atom. The lowest BCUT2D eigenvalue weighted by molar-refractivity contribution is 0.298. The van der Waals surface area contributed by atoms with E-state index in [-0.39, 0.29) is 0 Å². The Labute approximate surface area is 113 Å². The van der Waals surface area contributed by atoms with Gasteiger partial charge in [0.2, 0.25) is 0 Å². The summed E-state index contributed by atoms with van der Waals surface area (Å²) in [5.74, 6) is 0.931. The Morgan fingerprint density at radius 1 is 0.944 bits per heavy atom. The van der Waals surface area contributed by atoms with Gasteiger partial charge in [-0.2, -0.15) is 0 Å². The molecule has 0 aliphatic rings. The zero-order valence-corrected chi connectivity index (χ0v) is 11.5. The molecule has 0 N–H and O–H groups in total. The molecule has 0 spiro atoms. The zero-order valence-electron chi connectivity index (χ0n) is 10.7. The van der Waals surface area contributed by atoms with Gasteiger partial charge in [0.1, 0.15) is 12.4 Å². The Hall–Kier alpha value is -1.45. The molecule has 0 amide bonds. The molecule has 0 bridgehead atoms. The molecule has 0 aromatic heterocycles. The lowest BCUT2D eigenvalue weighted by Gasteiger charge is -2.13. The highest BCUT2D eigenvalue weighted by Crippen LogP contribution is 2.30. The second kappa shape index (κ2) is 6.47. The summed E-state index contributed by atoms with van der Waals surface area (Å²) in [6, 6.07) is 18.3. The van der Waals surface area contributed by atoms with Gasteiger partial charge in [-0.25, -0.2) is 0 Å². The van der Waals surface area contributed by atoms with Gasteiger partial charge >= 0.3 is 0 Å². The number of ether oxygens (including phenoxy) is 1. The second-order valence-corrected chi connectivity index (χ2v) is 5.48. The fourth-order valence-electron chi connectivity index (χ4n) is 1.58. The van der Waals surface area contributed by atoms with Gasteiger partial charge in [0.05, 0.1) is 4.90 Å². The molecule has 0 aliphatic carbocycles. The molecule has 0 saturated carbocycles. The first-order valence-corrected chi connectivity index (χ1v) is 6.64. The first kappa shape index (κ1) is 13.0. The van der Waals surface area contributed by atoms with Gasteiger partial charge in [0.15, 0.2) is 0 Å². The van der Waals surface area contributed by atoms with Crippen LogP contribution in [0, 0.1) is 0 Å². The zero-order chi connectivity index (χ0) is 12.8. The molecule has 94 valence electrons. The molecule has 0 unspecified atom stereocenters. The topological polar surface area (TPSA) is 12.5 Å². The van der Waals surface area contributed by atoms with Crippen molar-refractivity contribution < 1.29 is 4.74 Å². The maximum atomic E-state index is 5.88. The number of para-hydroxylation sites is 1. The van der Waals surface area contributed by atoms with Crippen molar-refractivity contribution in [1.29, 1.82) is 0 Å². The summed E-state index contributed by atoms with van der Waals surface area (Å²) in [6.45, 7) is 0.603. The SMILES string of the molecule is CN(C)Sc1ccccc1OCc1ccccc1. The van der Waals surface area contributed by atoms with Crippen LogP contribution < -0.4 is 4.74 Å². The fraction of sp³-hybridized carbons (Fsp3) is 0.200. The van der Waals surface area contributed by atoms with Crippen molar-refractivity contribution in [2.45, 2.75) is 11.5 Å². The minimum atomic E-state index is 0.603. The molecule has 2 aromatic rings. The lowest BCUT2D eigenvalue weighted by atomic mass is 10.2. The van der Waals surface area contributed by atoms with E-state index in [1.807, 2.05) is 50.5 Å². The van der Waals surface area contributed by atoms with Crippen LogP contribution in [0.15, 0.2) is 59.5 Å². The number of benzene rings is 2. The van der Waals surface area contributed by atoms with Crippen LogP contribution in [-0.4, -0.2) is 18.4 Å². The minimum absolute atomic E-state index is 0.603. The third-order valence-electron chi connectivity index (χ3n) is 2.37.